The van der Waals surface area contributed by atoms with Gasteiger partial charge in [-0.05, 0) is 12.3 Å². The number of hydrogen-bond acceptors (Lipinski definition) is 5. The Balaban J connectivity index is 2.12. The number of anilines is 2. The fourth-order valence-electron chi connectivity index (χ4n) is 2.39. The van der Waals surface area contributed by atoms with Crippen molar-refractivity contribution in [1.82, 2.24) is 9.97 Å². The Hall–Kier alpha value is -1.65. The van der Waals surface area contributed by atoms with Crippen LogP contribution >= 0.6 is 0 Å². The number of carbonyl (C=O) groups excluding carboxylic acids is 1. The maximum atomic E-state index is 11.5. The second-order valence-corrected chi connectivity index (χ2v) is 5.57. The molecule has 0 aliphatic carbocycles. The van der Waals surface area contributed by atoms with Gasteiger partial charge in [-0.1, -0.05) is 13.8 Å². The summed E-state index contributed by atoms with van der Waals surface area (Å²) in [5.41, 5.74) is 0. The lowest BCUT2D eigenvalue weighted by Crippen LogP contribution is -2.36. The summed E-state index contributed by atoms with van der Waals surface area (Å²) in [7, 11) is 2.04. The third-order valence-corrected chi connectivity index (χ3v) is 3.24. The van der Waals surface area contributed by atoms with E-state index in [-0.39, 0.29) is 0 Å². The van der Waals surface area contributed by atoms with Crippen molar-refractivity contribution in [3.05, 3.63) is 12.4 Å². The zero-order valence-electron chi connectivity index (χ0n) is 12.0. The largest absolute Gasteiger partial charge is 0.359 e. The van der Waals surface area contributed by atoms with Crippen molar-refractivity contribution in [3.8, 4) is 0 Å². The summed E-state index contributed by atoms with van der Waals surface area (Å²) >= 11 is 0. The average Bonchev–Trinajstić information content (AvgIpc) is 2.38. The van der Waals surface area contributed by atoms with Gasteiger partial charge in [0.15, 0.2) is 5.78 Å². The average molecular weight is 262 g/mol. The molecular formula is C14H22N4O. The maximum absolute atomic E-state index is 11.5. The molecule has 0 bridgehead atoms. The summed E-state index contributed by atoms with van der Waals surface area (Å²) < 4.78 is 0. The standard InChI is InChI=1S/C14H22N4O/c1-11(2)8-17(3)13-7-14(16-10-15-13)18-6-4-5-12(19)9-18/h7,10-11H,4-6,8-9H2,1-3H3. The van der Waals surface area contributed by atoms with Crippen LogP contribution in [0.4, 0.5) is 11.6 Å². The quantitative estimate of drug-likeness (QED) is 0.827. The Labute approximate surface area is 114 Å². The van der Waals surface area contributed by atoms with Crippen molar-refractivity contribution >= 4 is 17.4 Å². The zero-order chi connectivity index (χ0) is 13.8. The lowest BCUT2D eigenvalue weighted by atomic mass is 10.1. The van der Waals surface area contributed by atoms with Crippen LogP contribution in [0.1, 0.15) is 26.7 Å². The highest BCUT2D eigenvalue weighted by molar-refractivity contribution is 5.84. The summed E-state index contributed by atoms with van der Waals surface area (Å²) in [6.45, 7) is 6.69. The van der Waals surface area contributed by atoms with Crippen LogP contribution in [-0.4, -0.2) is 42.4 Å². The Bertz CT molecular complexity index is 447. The first-order valence-corrected chi connectivity index (χ1v) is 6.86. The molecule has 0 N–H and O–H groups in total. The first kappa shape index (κ1) is 13.8. The molecule has 1 saturated heterocycles. The van der Waals surface area contributed by atoms with E-state index in [1.807, 2.05) is 18.0 Å². The Morgan fingerprint density at radius 3 is 2.89 bits per heavy atom. The van der Waals surface area contributed by atoms with E-state index in [4.69, 9.17) is 0 Å². The first-order valence-electron chi connectivity index (χ1n) is 6.86. The molecule has 1 aromatic rings. The molecule has 0 radical (unpaired) electrons. The summed E-state index contributed by atoms with van der Waals surface area (Å²) in [5.74, 6) is 2.65. The Kier molecular flexibility index (Phi) is 4.35. The van der Waals surface area contributed by atoms with Crippen LogP contribution in [-0.2, 0) is 4.79 Å². The number of carbonyl (C=O) groups is 1. The van der Waals surface area contributed by atoms with Crippen LogP contribution in [0.2, 0.25) is 0 Å². The number of rotatable bonds is 4. The number of nitrogens with zero attached hydrogens (tertiary/aromatic N) is 4. The molecule has 19 heavy (non-hydrogen) atoms. The minimum Gasteiger partial charge on any atom is -0.359 e. The van der Waals surface area contributed by atoms with Crippen molar-refractivity contribution in [1.29, 1.82) is 0 Å². The predicted molar refractivity (Wildman–Crippen MR) is 76.6 cm³/mol. The van der Waals surface area contributed by atoms with E-state index >= 15 is 0 Å². The monoisotopic (exact) mass is 262 g/mol. The summed E-state index contributed by atoms with van der Waals surface area (Å²) in [4.78, 5) is 24.3. The highest BCUT2D eigenvalue weighted by atomic mass is 16.1. The second kappa shape index (κ2) is 5.99. The van der Waals surface area contributed by atoms with Gasteiger partial charge in [0, 0.05) is 32.6 Å². The minimum atomic E-state index is 0.293. The molecule has 2 heterocycles. The molecule has 0 saturated carbocycles. The van der Waals surface area contributed by atoms with Gasteiger partial charge in [-0.15, -0.1) is 0 Å². The van der Waals surface area contributed by atoms with Crippen LogP contribution in [0.3, 0.4) is 0 Å². The lowest BCUT2D eigenvalue weighted by Gasteiger charge is -2.28. The van der Waals surface area contributed by atoms with Gasteiger partial charge in [-0.3, -0.25) is 4.79 Å². The first-order chi connectivity index (χ1) is 9.06. The Morgan fingerprint density at radius 2 is 2.21 bits per heavy atom. The third-order valence-electron chi connectivity index (χ3n) is 3.24. The van der Waals surface area contributed by atoms with Crippen molar-refractivity contribution in [3.63, 3.8) is 0 Å². The summed E-state index contributed by atoms with van der Waals surface area (Å²) in [5, 5.41) is 0. The highest BCUT2D eigenvalue weighted by Crippen LogP contribution is 2.20. The fraction of sp³-hybridized carbons (Fsp3) is 0.643. The molecule has 1 aliphatic rings. The topological polar surface area (TPSA) is 49.3 Å². The van der Waals surface area contributed by atoms with E-state index in [1.54, 1.807) is 6.33 Å². The molecule has 0 aromatic carbocycles. The summed E-state index contributed by atoms with van der Waals surface area (Å²) in [6.07, 6.45) is 3.20. The van der Waals surface area contributed by atoms with Gasteiger partial charge in [-0.25, -0.2) is 9.97 Å². The van der Waals surface area contributed by atoms with E-state index in [0.29, 0.717) is 24.7 Å². The van der Waals surface area contributed by atoms with E-state index in [1.165, 1.54) is 0 Å². The highest BCUT2D eigenvalue weighted by Gasteiger charge is 2.18. The normalized spacial score (nSPS) is 16.0. The van der Waals surface area contributed by atoms with Crippen molar-refractivity contribution in [2.75, 3.05) is 36.5 Å². The molecule has 1 aliphatic heterocycles. The molecule has 104 valence electrons. The van der Waals surface area contributed by atoms with Crippen molar-refractivity contribution in [2.45, 2.75) is 26.7 Å². The molecule has 1 aromatic heterocycles. The van der Waals surface area contributed by atoms with Crippen LogP contribution < -0.4 is 9.80 Å². The minimum absolute atomic E-state index is 0.293. The van der Waals surface area contributed by atoms with Gasteiger partial charge in [0.1, 0.15) is 18.0 Å². The molecule has 0 unspecified atom stereocenters. The third kappa shape index (κ3) is 3.66. The SMILES string of the molecule is CC(C)CN(C)c1cc(N2CCCC(=O)C2)ncn1. The van der Waals surface area contributed by atoms with Crippen LogP contribution in [0.5, 0.6) is 0 Å². The summed E-state index contributed by atoms with van der Waals surface area (Å²) in [6, 6.07) is 1.97. The lowest BCUT2D eigenvalue weighted by molar-refractivity contribution is -0.118. The zero-order valence-corrected chi connectivity index (χ0v) is 12.0. The van der Waals surface area contributed by atoms with Gasteiger partial charge < -0.3 is 9.80 Å². The molecule has 5 nitrogen and oxygen atoms in total. The van der Waals surface area contributed by atoms with Gasteiger partial charge in [0.05, 0.1) is 6.54 Å². The van der Waals surface area contributed by atoms with Crippen LogP contribution in [0.15, 0.2) is 12.4 Å². The van der Waals surface area contributed by atoms with E-state index in [0.717, 1.165) is 31.1 Å². The number of aromatic nitrogens is 2. The van der Waals surface area contributed by atoms with Gasteiger partial charge >= 0.3 is 0 Å². The van der Waals surface area contributed by atoms with Crippen LogP contribution in [0.25, 0.3) is 0 Å². The molecule has 0 spiro atoms. The van der Waals surface area contributed by atoms with Crippen LogP contribution in [0, 0.1) is 5.92 Å². The van der Waals surface area contributed by atoms with Gasteiger partial charge in [-0.2, -0.15) is 0 Å². The maximum Gasteiger partial charge on any atom is 0.152 e. The molecule has 5 heteroatoms. The van der Waals surface area contributed by atoms with E-state index < -0.39 is 0 Å². The van der Waals surface area contributed by atoms with Crippen molar-refractivity contribution < 1.29 is 4.79 Å². The van der Waals surface area contributed by atoms with Gasteiger partial charge in [0.25, 0.3) is 0 Å². The van der Waals surface area contributed by atoms with E-state index in [9.17, 15) is 4.79 Å². The molecular weight excluding hydrogens is 240 g/mol. The molecule has 1 fully saturated rings. The van der Waals surface area contributed by atoms with Crippen molar-refractivity contribution in [2.24, 2.45) is 5.92 Å². The number of hydrogen-bond donors (Lipinski definition) is 0. The Morgan fingerprint density at radius 1 is 1.42 bits per heavy atom. The molecule has 2 rings (SSSR count). The fourth-order valence-corrected chi connectivity index (χ4v) is 2.39. The number of Topliss-reactive ketones (excluding diaryl/α,β-unsaturated/α-hetero) is 1. The second-order valence-electron chi connectivity index (χ2n) is 5.57. The van der Waals surface area contributed by atoms with Gasteiger partial charge in [0.2, 0.25) is 0 Å². The molecule has 0 atom stereocenters. The number of ketones is 1. The predicted octanol–water partition coefficient (Wildman–Crippen LogP) is 1.74. The van der Waals surface area contributed by atoms with E-state index in [2.05, 4.69) is 28.7 Å². The number of piperidine rings is 1. The smallest absolute Gasteiger partial charge is 0.152 e. The molecule has 0 amide bonds.